The minimum Gasteiger partial charge on any atom is -0.370 e. The van der Waals surface area contributed by atoms with Crippen LogP contribution < -0.4 is 22.1 Å². The lowest BCUT2D eigenvalue weighted by molar-refractivity contribution is -0.123. The zero-order chi connectivity index (χ0) is 18.7. The fourth-order valence-corrected chi connectivity index (χ4v) is 2.45. The number of nitrogens with one attached hydrogen (secondary N) is 2. The first-order valence-corrected chi connectivity index (χ1v) is 8.65. The molecular weight excluding hydrogens is 318 g/mol. The van der Waals surface area contributed by atoms with E-state index in [0.717, 1.165) is 12.8 Å². The van der Waals surface area contributed by atoms with E-state index < -0.39 is 6.04 Å². The number of carbonyl (C=O) groups excluding carboxylic acids is 2. The number of amides is 2. The Labute approximate surface area is 149 Å². The van der Waals surface area contributed by atoms with Crippen molar-refractivity contribution in [1.29, 1.82) is 0 Å². The molecular formula is C18H29N5O2. The van der Waals surface area contributed by atoms with Gasteiger partial charge in [0.2, 0.25) is 5.91 Å². The molecule has 0 aromatic heterocycles. The van der Waals surface area contributed by atoms with Crippen LogP contribution in [0.2, 0.25) is 0 Å². The summed E-state index contributed by atoms with van der Waals surface area (Å²) in [7, 11) is 0. The van der Waals surface area contributed by atoms with Crippen LogP contribution in [0, 0.1) is 0 Å². The van der Waals surface area contributed by atoms with Crippen molar-refractivity contribution in [1.82, 2.24) is 10.6 Å². The molecule has 0 bridgehead atoms. The fraction of sp³-hybridized carbons (Fsp3) is 0.500. The molecule has 0 aliphatic carbocycles. The summed E-state index contributed by atoms with van der Waals surface area (Å²) >= 11 is 0. The SMILES string of the molecule is CCCC(C)NC(=O)[C@H](CCCN=C(N)N)NC(=O)c1ccccc1. The molecule has 0 spiro atoms. The molecule has 6 N–H and O–H groups in total. The maximum absolute atomic E-state index is 12.5. The van der Waals surface area contributed by atoms with Crippen molar-refractivity contribution < 1.29 is 9.59 Å². The van der Waals surface area contributed by atoms with Gasteiger partial charge < -0.3 is 22.1 Å². The Morgan fingerprint density at radius 1 is 1.12 bits per heavy atom. The van der Waals surface area contributed by atoms with Crippen molar-refractivity contribution in [3.63, 3.8) is 0 Å². The number of rotatable bonds is 10. The number of hydrogen-bond donors (Lipinski definition) is 4. The van der Waals surface area contributed by atoms with Gasteiger partial charge in [-0.2, -0.15) is 0 Å². The summed E-state index contributed by atoms with van der Waals surface area (Å²) in [5.41, 5.74) is 11.1. The van der Waals surface area contributed by atoms with Gasteiger partial charge in [0.05, 0.1) is 0 Å². The Morgan fingerprint density at radius 2 is 1.80 bits per heavy atom. The van der Waals surface area contributed by atoms with Crippen molar-refractivity contribution in [2.45, 2.75) is 51.6 Å². The Hall–Kier alpha value is -2.57. The van der Waals surface area contributed by atoms with Crippen LogP contribution in [-0.2, 0) is 4.79 Å². The molecule has 2 amide bonds. The summed E-state index contributed by atoms with van der Waals surface area (Å²) in [5, 5.41) is 5.76. The molecule has 7 nitrogen and oxygen atoms in total. The van der Waals surface area contributed by atoms with E-state index in [0.29, 0.717) is 24.9 Å². The number of aliphatic imine (C=N–C) groups is 1. The zero-order valence-corrected chi connectivity index (χ0v) is 15.0. The lowest BCUT2D eigenvalue weighted by Gasteiger charge is -2.21. The lowest BCUT2D eigenvalue weighted by Crippen LogP contribution is -2.49. The average Bonchev–Trinajstić information content (AvgIpc) is 2.58. The summed E-state index contributed by atoms with van der Waals surface area (Å²) in [6.45, 7) is 4.43. The molecule has 1 aromatic rings. The van der Waals surface area contributed by atoms with Crippen LogP contribution in [0.4, 0.5) is 0 Å². The van der Waals surface area contributed by atoms with Gasteiger partial charge in [0.1, 0.15) is 6.04 Å². The molecule has 0 radical (unpaired) electrons. The number of hydrogen-bond acceptors (Lipinski definition) is 3. The zero-order valence-electron chi connectivity index (χ0n) is 15.0. The van der Waals surface area contributed by atoms with Crippen LogP contribution >= 0.6 is 0 Å². The van der Waals surface area contributed by atoms with Gasteiger partial charge in [-0.25, -0.2) is 0 Å². The third-order valence-corrected chi connectivity index (χ3v) is 3.71. The topological polar surface area (TPSA) is 123 Å². The predicted molar refractivity (Wildman–Crippen MR) is 100 cm³/mol. The van der Waals surface area contributed by atoms with Crippen LogP contribution in [0.15, 0.2) is 35.3 Å². The Bertz CT molecular complexity index is 570. The molecule has 0 fully saturated rings. The third-order valence-electron chi connectivity index (χ3n) is 3.71. The highest BCUT2D eigenvalue weighted by Gasteiger charge is 2.22. The van der Waals surface area contributed by atoms with Gasteiger partial charge in [-0.15, -0.1) is 0 Å². The minimum absolute atomic E-state index is 0.0193. The first-order valence-electron chi connectivity index (χ1n) is 8.65. The molecule has 1 rings (SSSR count). The maximum atomic E-state index is 12.5. The smallest absolute Gasteiger partial charge is 0.251 e. The largest absolute Gasteiger partial charge is 0.370 e. The summed E-state index contributed by atoms with van der Waals surface area (Å²) in [5.74, 6) is -0.438. The summed E-state index contributed by atoms with van der Waals surface area (Å²) in [6, 6.07) is 8.26. The number of carbonyl (C=O) groups is 2. The van der Waals surface area contributed by atoms with E-state index >= 15 is 0 Å². The van der Waals surface area contributed by atoms with Crippen LogP contribution in [0.1, 0.15) is 49.9 Å². The minimum atomic E-state index is -0.624. The van der Waals surface area contributed by atoms with E-state index in [1.165, 1.54) is 0 Å². The average molecular weight is 347 g/mol. The molecule has 0 aliphatic heterocycles. The number of guanidine groups is 1. The van der Waals surface area contributed by atoms with Gasteiger partial charge in [-0.3, -0.25) is 14.6 Å². The first-order chi connectivity index (χ1) is 11.9. The van der Waals surface area contributed by atoms with Crippen molar-refractivity contribution in [2.75, 3.05) is 6.54 Å². The van der Waals surface area contributed by atoms with E-state index in [9.17, 15) is 9.59 Å². The van der Waals surface area contributed by atoms with Crippen LogP contribution in [0.3, 0.4) is 0 Å². The summed E-state index contributed by atoms with van der Waals surface area (Å²) < 4.78 is 0. The van der Waals surface area contributed by atoms with Gasteiger partial charge >= 0.3 is 0 Å². The molecule has 1 unspecified atom stereocenters. The van der Waals surface area contributed by atoms with E-state index in [2.05, 4.69) is 22.5 Å². The van der Waals surface area contributed by atoms with Gasteiger partial charge in [0, 0.05) is 18.2 Å². The van der Waals surface area contributed by atoms with E-state index in [4.69, 9.17) is 11.5 Å². The Kier molecular flexibility index (Phi) is 9.06. The molecule has 25 heavy (non-hydrogen) atoms. The van der Waals surface area contributed by atoms with Gasteiger partial charge in [-0.05, 0) is 38.3 Å². The molecule has 138 valence electrons. The van der Waals surface area contributed by atoms with E-state index in [-0.39, 0.29) is 23.8 Å². The first kappa shape index (κ1) is 20.5. The summed E-state index contributed by atoms with van der Waals surface area (Å²) in [6.07, 6.45) is 2.92. The number of benzene rings is 1. The molecule has 0 aliphatic rings. The highest BCUT2D eigenvalue weighted by atomic mass is 16.2. The van der Waals surface area contributed by atoms with Crippen LogP contribution in [0.25, 0.3) is 0 Å². The van der Waals surface area contributed by atoms with Crippen LogP contribution in [0.5, 0.6) is 0 Å². The molecule has 1 aromatic carbocycles. The quantitative estimate of drug-likeness (QED) is 0.288. The van der Waals surface area contributed by atoms with Crippen molar-refractivity contribution in [3.8, 4) is 0 Å². The second kappa shape index (κ2) is 11.1. The maximum Gasteiger partial charge on any atom is 0.251 e. The van der Waals surface area contributed by atoms with Crippen LogP contribution in [-0.4, -0.2) is 36.4 Å². The highest BCUT2D eigenvalue weighted by molar-refractivity contribution is 5.97. The van der Waals surface area contributed by atoms with Gasteiger partial charge in [-0.1, -0.05) is 31.5 Å². The molecule has 0 saturated heterocycles. The highest BCUT2D eigenvalue weighted by Crippen LogP contribution is 2.05. The van der Waals surface area contributed by atoms with E-state index in [1.807, 2.05) is 13.0 Å². The standard InChI is InChI=1S/C18H29N5O2/c1-3-8-13(2)22-17(25)15(11-7-12-21-18(19)20)23-16(24)14-9-5-4-6-10-14/h4-6,9-10,13,15H,3,7-8,11-12H2,1-2H3,(H,22,25)(H,23,24)(H4,19,20,21)/t13?,15-/m0/s1. The van der Waals surface area contributed by atoms with Crippen molar-refractivity contribution >= 4 is 17.8 Å². The lowest BCUT2D eigenvalue weighted by atomic mass is 10.1. The van der Waals surface area contributed by atoms with Gasteiger partial charge in [0.15, 0.2) is 5.96 Å². The Morgan fingerprint density at radius 3 is 2.40 bits per heavy atom. The Balaban J connectivity index is 2.70. The molecule has 0 saturated carbocycles. The monoisotopic (exact) mass is 347 g/mol. The molecule has 7 heteroatoms. The number of nitrogens with zero attached hydrogens (tertiary/aromatic N) is 1. The molecule has 0 heterocycles. The molecule has 2 atom stereocenters. The van der Waals surface area contributed by atoms with Gasteiger partial charge in [0.25, 0.3) is 5.91 Å². The normalized spacial score (nSPS) is 12.7. The predicted octanol–water partition coefficient (Wildman–Crippen LogP) is 1.14. The second-order valence-electron chi connectivity index (χ2n) is 6.04. The second-order valence-corrected chi connectivity index (χ2v) is 6.04. The van der Waals surface area contributed by atoms with Crippen molar-refractivity contribution in [3.05, 3.63) is 35.9 Å². The fourth-order valence-electron chi connectivity index (χ4n) is 2.45. The summed E-state index contributed by atoms with van der Waals surface area (Å²) in [4.78, 5) is 28.8. The van der Waals surface area contributed by atoms with E-state index in [1.54, 1.807) is 24.3 Å². The van der Waals surface area contributed by atoms with Crippen molar-refractivity contribution in [2.24, 2.45) is 16.5 Å². The third kappa shape index (κ3) is 8.19. The number of nitrogens with two attached hydrogens (primary N) is 2.